The molecular formula is C15H19BN4O2. The van der Waals surface area contributed by atoms with Crippen LogP contribution in [0.25, 0.3) is 11.3 Å². The van der Waals surface area contributed by atoms with Crippen LogP contribution in [0.4, 0.5) is 5.82 Å². The van der Waals surface area contributed by atoms with Crippen LogP contribution in [-0.2, 0) is 0 Å². The monoisotopic (exact) mass is 298 g/mol. The minimum absolute atomic E-state index is 0.0380. The molecule has 7 heteroatoms. The molecule has 1 aromatic carbocycles. The third-order valence-corrected chi connectivity index (χ3v) is 4.13. The number of aromatic hydroxyl groups is 1. The summed E-state index contributed by atoms with van der Waals surface area (Å²) in [5, 5.41) is 13.5. The Morgan fingerprint density at radius 2 is 2.27 bits per heavy atom. The van der Waals surface area contributed by atoms with Gasteiger partial charge in [-0.1, -0.05) is 12.1 Å². The molecule has 3 rings (SSSR count). The minimum Gasteiger partial charge on any atom is -0.508 e. The van der Waals surface area contributed by atoms with Crippen molar-refractivity contribution >= 4 is 19.1 Å². The fourth-order valence-electron chi connectivity index (χ4n) is 2.87. The lowest BCUT2D eigenvalue weighted by molar-refractivity contribution is 0.364. The van der Waals surface area contributed by atoms with Gasteiger partial charge in [-0.05, 0) is 30.9 Å². The first-order valence-corrected chi connectivity index (χ1v) is 7.46. The van der Waals surface area contributed by atoms with Crippen LogP contribution in [0.15, 0.2) is 29.2 Å². The number of nitrogens with one attached hydrogen (secondary N) is 1. The smallest absolute Gasteiger partial charge is 0.293 e. The van der Waals surface area contributed by atoms with Crippen molar-refractivity contribution in [2.45, 2.75) is 18.9 Å². The van der Waals surface area contributed by atoms with E-state index >= 15 is 0 Å². The number of rotatable bonds is 2. The number of para-hydroxylation sites is 1. The number of hydrogen-bond acceptors (Lipinski definition) is 5. The van der Waals surface area contributed by atoms with E-state index in [0.29, 0.717) is 11.3 Å². The number of phenols is 1. The van der Waals surface area contributed by atoms with Crippen molar-refractivity contribution in [2.75, 3.05) is 18.8 Å². The Kier molecular flexibility index (Phi) is 3.89. The minimum atomic E-state index is -0.274. The van der Waals surface area contributed by atoms with Crippen LogP contribution in [0.1, 0.15) is 18.9 Å². The second-order valence-electron chi connectivity index (χ2n) is 5.70. The molecule has 1 unspecified atom stereocenters. The van der Waals surface area contributed by atoms with Crippen LogP contribution in [0.2, 0.25) is 0 Å². The number of nitrogens with two attached hydrogens (primary N) is 1. The van der Waals surface area contributed by atoms with E-state index in [-0.39, 0.29) is 23.2 Å². The Labute approximate surface area is 129 Å². The summed E-state index contributed by atoms with van der Waals surface area (Å²) in [4.78, 5) is 16.5. The summed E-state index contributed by atoms with van der Waals surface area (Å²) in [5.74, 6) is 0.130. The summed E-state index contributed by atoms with van der Waals surface area (Å²) in [7, 11) is 1.82. The van der Waals surface area contributed by atoms with Gasteiger partial charge in [-0.3, -0.25) is 4.79 Å². The number of anilines is 1. The first-order chi connectivity index (χ1) is 10.6. The summed E-state index contributed by atoms with van der Waals surface area (Å²) >= 11 is 0. The summed E-state index contributed by atoms with van der Waals surface area (Å²) in [5.41, 5.74) is 7.40. The molecule has 1 fully saturated rings. The van der Waals surface area contributed by atoms with Crippen molar-refractivity contribution in [1.82, 2.24) is 14.9 Å². The first kappa shape index (κ1) is 14.7. The van der Waals surface area contributed by atoms with Gasteiger partial charge in [0.05, 0.1) is 5.69 Å². The van der Waals surface area contributed by atoms with Crippen LogP contribution in [-0.4, -0.2) is 35.6 Å². The van der Waals surface area contributed by atoms with Gasteiger partial charge in [-0.15, -0.1) is 0 Å². The molecule has 0 aliphatic carbocycles. The van der Waals surface area contributed by atoms with Gasteiger partial charge in [-0.2, -0.15) is 0 Å². The zero-order valence-corrected chi connectivity index (χ0v) is 12.5. The van der Waals surface area contributed by atoms with Crippen LogP contribution in [0.5, 0.6) is 5.75 Å². The number of benzene rings is 1. The lowest BCUT2D eigenvalue weighted by atomic mass is 9.92. The van der Waals surface area contributed by atoms with Gasteiger partial charge < -0.3 is 20.7 Å². The van der Waals surface area contributed by atoms with Crippen LogP contribution in [0.3, 0.4) is 0 Å². The molecule has 2 aromatic rings. The van der Waals surface area contributed by atoms with Crippen LogP contribution < -0.4 is 22.1 Å². The van der Waals surface area contributed by atoms with Crippen molar-refractivity contribution in [3.8, 4) is 17.0 Å². The van der Waals surface area contributed by atoms with Crippen molar-refractivity contribution in [3.63, 3.8) is 0 Å². The van der Waals surface area contributed by atoms with E-state index in [9.17, 15) is 9.90 Å². The highest BCUT2D eigenvalue weighted by molar-refractivity contribution is 6.34. The van der Waals surface area contributed by atoms with E-state index in [4.69, 9.17) is 5.73 Å². The Balaban J connectivity index is 2.11. The number of hydrogen-bond donors (Lipinski definition) is 3. The zero-order chi connectivity index (χ0) is 15.7. The Morgan fingerprint density at radius 1 is 1.45 bits per heavy atom. The van der Waals surface area contributed by atoms with Crippen LogP contribution in [0, 0.1) is 0 Å². The normalized spacial score (nSPS) is 18.3. The molecule has 1 aromatic heterocycles. The largest absolute Gasteiger partial charge is 0.508 e. The van der Waals surface area contributed by atoms with E-state index in [1.54, 1.807) is 16.8 Å². The summed E-state index contributed by atoms with van der Waals surface area (Å²) in [6.45, 7) is 1.71. The first-order valence-electron chi connectivity index (χ1n) is 7.46. The Bertz CT molecular complexity index is 754. The van der Waals surface area contributed by atoms with Gasteiger partial charge >= 0.3 is 0 Å². The van der Waals surface area contributed by atoms with Gasteiger partial charge in [0.2, 0.25) is 0 Å². The number of nitrogen functional groups attached to an aromatic ring is 1. The molecule has 6 nitrogen and oxygen atoms in total. The highest BCUT2D eigenvalue weighted by Gasteiger charge is 2.19. The van der Waals surface area contributed by atoms with Crippen LogP contribution >= 0.6 is 0 Å². The molecule has 2 heterocycles. The maximum absolute atomic E-state index is 12.3. The molecule has 1 saturated heterocycles. The maximum atomic E-state index is 12.3. The second-order valence-corrected chi connectivity index (χ2v) is 5.70. The standard InChI is InChI=1S/C15H19BN4O2/c16-11-5-1-4-10(13(11)21)12-8-20(15(22)14(17)19-12)9-3-2-6-18-7-9/h1,4-5,8-9,18,21H,2-3,6-7,16H2,(H2,17,19). The fraction of sp³-hybridized carbons (Fsp3) is 0.333. The lowest BCUT2D eigenvalue weighted by Gasteiger charge is -2.25. The van der Waals surface area contributed by atoms with E-state index in [1.165, 1.54) is 0 Å². The molecule has 22 heavy (non-hydrogen) atoms. The predicted molar refractivity (Wildman–Crippen MR) is 89.3 cm³/mol. The molecule has 114 valence electrons. The van der Waals surface area contributed by atoms with E-state index < -0.39 is 0 Å². The highest BCUT2D eigenvalue weighted by atomic mass is 16.3. The Morgan fingerprint density at radius 3 is 3.00 bits per heavy atom. The molecule has 0 amide bonds. The topological polar surface area (TPSA) is 93.2 Å². The molecular weight excluding hydrogens is 279 g/mol. The predicted octanol–water partition coefficient (Wildman–Crippen LogP) is -0.619. The highest BCUT2D eigenvalue weighted by Crippen LogP contribution is 2.26. The lowest BCUT2D eigenvalue weighted by Crippen LogP contribution is -2.37. The number of aromatic nitrogens is 2. The van der Waals surface area contributed by atoms with Crippen molar-refractivity contribution in [1.29, 1.82) is 0 Å². The number of nitrogens with zero attached hydrogens (tertiary/aromatic N) is 2. The molecule has 1 aliphatic heterocycles. The maximum Gasteiger partial charge on any atom is 0.293 e. The third-order valence-electron chi connectivity index (χ3n) is 4.13. The third kappa shape index (κ3) is 2.59. The molecule has 0 bridgehead atoms. The van der Waals surface area contributed by atoms with E-state index in [0.717, 1.165) is 31.4 Å². The number of piperidine rings is 1. The van der Waals surface area contributed by atoms with E-state index in [1.807, 2.05) is 20.0 Å². The second kappa shape index (κ2) is 5.85. The SMILES string of the molecule is Bc1cccc(-c2cn(C3CCCNC3)c(=O)c(N)n2)c1O. The van der Waals surface area contributed by atoms with Crippen molar-refractivity contribution in [2.24, 2.45) is 0 Å². The zero-order valence-electron chi connectivity index (χ0n) is 12.5. The number of phenolic OH excluding ortho intramolecular Hbond substituents is 1. The molecule has 0 saturated carbocycles. The molecule has 0 spiro atoms. The summed E-state index contributed by atoms with van der Waals surface area (Å²) in [6, 6.07) is 5.51. The summed E-state index contributed by atoms with van der Waals surface area (Å²) in [6.07, 6.45) is 3.64. The molecule has 0 radical (unpaired) electrons. The molecule has 4 N–H and O–H groups in total. The fourth-order valence-corrected chi connectivity index (χ4v) is 2.87. The van der Waals surface area contributed by atoms with E-state index in [2.05, 4.69) is 10.3 Å². The molecule has 1 atom stereocenters. The van der Waals surface area contributed by atoms with Gasteiger partial charge in [0, 0.05) is 24.3 Å². The van der Waals surface area contributed by atoms with Crippen molar-refractivity contribution in [3.05, 3.63) is 34.7 Å². The van der Waals surface area contributed by atoms with Gasteiger partial charge in [-0.25, -0.2) is 4.98 Å². The quantitative estimate of drug-likeness (QED) is 0.643. The van der Waals surface area contributed by atoms with Gasteiger partial charge in [0.1, 0.15) is 13.6 Å². The van der Waals surface area contributed by atoms with Crippen molar-refractivity contribution < 1.29 is 5.11 Å². The van der Waals surface area contributed by atoms with Gasteiger partial charge in [0.25, 0.3) is 5.56 Å². The Hall–Kier alpha value is -2.28. The average Bonchev–Trinajstić information content (AvgIpc) is 2.53. The average molecular weight is 298 g/mol. The molecule has 1 aliphatic rings. The summed E-state index contributed by atoms with van der Waals surface area (Å²) < 4.78 is 1.64. The van der Waals surface area contributed by atoms with Gasteiger partial charge in [0.15, 0.2) is 5.82 Å².